The smallest absolute Gasteiger partial charge is 0.263 e. The van der Waals surface area contributed by atoms with Gasteiger partial charge < -0.3 is 10.1 Å². The SMILES string of the molecule is CCCCOc1ccc(-c2nn(-c3ccccc3)cc2/C=C2\SC(=S)NC2=O)cc1F. The third kappa shape index (κ3) is 4.86. The van der Waals surface area contributed by atoms with Gasteiger partial charge in [-0.3, -0.25) is 4.79 Å². The van der Waals surface area contributed by atoms with Crippen LogP contribution in [0.1, 0.15) is 25.3 Å². The molecule has 1 fully saturated rings. The minimum absolute atomic E-state index is 0.218. The number of aromatic nitrogens is 2. The molecular weight excluding hydrogens is 433 g/mol. The van der Waals surface area contributed by atoms with Gasteiger partial charge in [-0.2, -0.15) is 5.10 Å². The lowest BCUT2D eigenvalue weighted by Crippen LogP contribution is -2.17. The van der Waals surface area contributed by atoms with Gasteiger partial charge in [0.25, 0.3) is 5.91 Å². The van der Waals surface area contributed by atoms with Crippen molar-refractivity contribution < 1.29 is 13.9 Å². The molecular formula is C23H20FN3O2S2. The quantitative estimate of drug-likeness (QED) is 0.297. The second-order valence-corrected chi connectivity index (χ2v) is 8.63. The molecule has 0 bridgehead atoms. The number of halogens is 1. The van der Waals surface area contributed by atoms with E-state index in [0.29, 0.717) is 32.7 Å². The Morgan fingerprint density at radius 3 is 2.74 bits per heavy atom. The average molecular weight is 454 g/mol. The summed E-state index contributed by atoms with van der Waals surface area (Å²) in [6, 6.07) is 14.4. The molecule has 1 amide bonds. The number of hydrogen-bond acceptors (Lipinski definition) is 5. The van der Waals surface area contributed by atoms with Gasteiger partial charge in [0.2, 0.25) is 0 Å². The molecule has 1 aromatic heterocycles. The maximum Gasteiger partial charge on any atom is 0.263 e. The molecule has 4 rings (SSSR count). The maximum atomic E-state index is 14.7. The summed E-state index contributed by atoms with van der Waals surface area (Å²) < 4.78 is 22.3. The molecule has 3 aromatic rings. The molecule has 31 heavy (non-hydrogen) atoms. The van der Waals surface area contributed by atoms with Crippen molar-refractivity contribution in [2.45, 2.75) is 19.8 Å². The van der Waals surface area contributed by atoms with E-state index in [1.807, 2.05) is 36.5 Å². The van der Waals surface area contributed by atoms with Crippen molar-refractivity contribution in [2.24, 2.45) is 0 Å². The number of ether oxygens (including phenoxy) is 1. The zero-order valence-corrected chi connectivity index (χ0v) is 18.4. The van der Waals surface area contributed by atoms with Gasteiger partial charge in [0.15, 0.2) is 11.6 Å². The van der Waals surface area contributed by atoms with E-state index >= 15 is 0 Å². The predicted molar refractivity (Wildman–Crippen MR) is 126 cm³/mol. The topological polar surface area (TPSA) is 56.1 Å². The van der Waals surface area contributed by atoms with Crippen LogP contribution in [0.4, 0.5) is 4.39 Å². The highest BCUT2D eigenvalue weighted by atomic mass is 32.2. The van der Waals surface area contributed by atoms with Gasteiger partial charge in [-0.15, -0.1) is 0 Å². The second kappa shape index (κ2) is 9.45. The zero-order chi connectivity index (χ0) is 21.8. The summed E-state index contributed by atoms with van der Waals surface area (Å²) in [7, 11) is 0. The van der Waals surface area contributed by atoms with Crippen LogP contribution >= 0.6 is 24.0 Å². The normalized spacial score (nSPS) is 14.8. The van der Waals surface area contributed by atoms with Crippen LogP contribution in [0.5, 0.6) is 5.75 Å². The standard InChI is InChI=1S/C23H20FN3O2S2/c1-2-3-11-29-19-10-9-15(12-18(19)24)21-16(13-20-22(28)25-23(30)31-20)14-27(26-21)17-7-5-4-6-8-17/h4-10,12-14H,2-3,11H2,1H3,(H,25,28,30)/b20-13-. The van der Waals surface area contributed by atoms with Gasteiger partial charge in [-0.25, -0.2) is 9.07 Å². The fourth-order valence-corrected chi connectivity index (χ4v) is 4.12. The summed E-state index contributed by atoms with van der Waals surface area (Å²) in [5.74, 6) is -0.481. The van der Waals surface area contributed by atoms with Crippen LogP contribution in [-0.4, -0.2) is 26.6 Å². The highest BCUT2D eigenvalue weighted by Gasteiger charge is 2.23. The van der Waals surface area contributed by atoms with E-state index in [9.17, 15) is 9.18 Å². The van der Waals surface area contributed by atoms with Crippen LogP contribution in [0.25, 0.3) is 23.0 Å². The van der Waals surface area contributed by atoms with Gasteiger partial charge in [-0.05, 0) is 42.8 Å². The van der Waals surface area contributed by atoms with Gasteiger partial charge in [-0.1, -0.05) is 55.5 Å². The second-order valence-electron chi connectivity index (χ2n) is 6.91. The first-order chi connectivity index (χ1) is 15.0. The number of amides is 1. The van der Waals surface area contributed by atoms with Gasteiger partial charge in [0.05, 0.1) is 17.2 Å². The van der Waals surface area contributed by atoms with Crippen molar-refractivity contribution in [1.82, 2.24) is 15.1 Å². The highest BCUT2D eigenvalue weighted by Crippen LogP contribution is 2.32. The van der Waals surface area contributed by atoms with E-state index < -0.39 is 5.82 Å². The number of hydrogen-bond donors (Lipinski definition) is 1. The molecule has 2 aromatic carbocycles. The number of carbonyl (C=O) groups is 1. The average Bonchev–Trinajstić information content (AvgIpc) is 3.33. The summed E-state index contributed by atoms with van der Waals surface area (Å²) in [6.45, 7) is 2.52. The van der Waals surface area contributed by atoms with Gasteiger partial charge in [0.1, 0.15) is 10.0 Å². The van der Waals surface area contributed by atoms with Crippen LogP contribution in [0.15, 0.2) is 59.6 Å². The van der Waals surface area contributed by atoms with E-state index in [1.54, 1.807) is 22.9 Å². The first kappa shape index (κ1) is 21.3. The fraction of sp³-hybridized carbons (Fsp3) is 0.174. The Bertz CT molecular complexity index is 1160. The zero-order valence-electron chi connectivity index (χ0n) is 16.8. The number of rotatable bonds is 7. The molecule has 5 nitrogen and oxygen atoms in total. The van der Waals surface area contributed by atoms with Crippen LogP contribution in [0.2, 0.25) is 0 Å². The lowest BCUT2D eigenvalue weighted by atomic mass is 10.1. The lowest BCUT2D eigenvalue weighted by molar-refractivity contribution is -0.115. The molecule has 0 spiro atoms. The number of thiocarbonyl (C=S) groups is 1. The summed E-state index contributed by atoms with van der Waals surface area (Å²) in [4.78, 5) is 12.6. The summed E-state index contributed by atoms with van der Waals surface area (Å²) >= 11 is 6.27. The van der Waals surface area contributed by atoms with E-state index in [-0.39, 0.29) is 11.7 Å². The maximum absolute atomic E-state index is 14.7. The number of para-hydroxylation sites is 1. The molecule has 8 heteroatoms. The van der Waals surface area contributed by atoms with E-state index in [0.717, 1.165) is 18.5 Å². The van der Waals surface area contributed by atoms with E-state index in [2.05, 4.69) is 17.3 Å². The minimum Gasteiger partial charge on any atom is -0.491 e. The van der Waals surface area contributed by atoms with Crippen molar-refractivity contribution >= 4 is 40.3 Å². The highest BCUT2D eigenvalue weighted by molar-refractivity contribution is 8.26. The van der Waals surface area contributed by atoms with Crippen molar-refractivity contribution in [3.05, 3.63) is 71.0 Å². The first-order valence-electron chi connectivity index (χ1n) is 9.88. The van der Waals surface area contributed by atoms with Crippen molar-refractivity contribution in [1.29, 1.82) is 0 Å². The predicted octanol–water partition coefficient (Wildman–Crippen LogP) is 5.35. The van der Waals surface area contributed by atoms with Crippen molar-refractivity contribution in [3.63, 3.8) is 0 Å². The van der Waals surface area contributed by atoms with Gasteiger partial charge in [0, 0.05) is 17.3 Å². The third-order valence-electron chi connectivity index (χ3n) is 4.65. The van der Waals surface area contributed by atoms with Crippen molar-refractivity contribution in [2.75, 3.05) is 6.61 Å². The largest absolute Gasteiger partial charge is 0.491 e. The van der Waals surface area contributed by atoms with Gasteiger partial charge >= 0.3 is 0 Å². The molecule has 158 valence electrons. The molecule has 0 aliphatic carbocycles. The Morgan fingerprint density at radius 1 is 1.26 bits per heavy atom. The number of nitrogens with one attached hydrogen (secondary N) is 1. The molecule has 0 radical (unpaired) electrons. The Hall–Kier alpha value is -2.97. The van der Waals surface area contributed by atoms with Crippen molar-refractivity contribution in [3.8, 4) is 22.7 Å². The summed E-state index contributed by atoms with van der Waals surface area (Å²) in [6.07, 6.45) is 5.38. The molecule has 1 aliphatic heterocycles. The number of carbonyl (C=O) groups excluding carboxylic acids is 1. The van der Waals surface area contributed by atoms with E-state index in [4.69, 9.17) is 17.0 Å². The number of thioether (sulfide) groups is 1. The molecule has 0 saturated carbocycles. The summed E-state index contributed by atoms with van der Waals surface area (Å²) in [5, 5.41) is 7.28. The number of unbranched alkanes of at least 4 members (excludes halogenated alkanes) is 1. The molecule has 1 aliphatic rings. The van der Waals surface area contributed by atoms with Crippen LogP contribution in [0, 0.1) is 5.82 Å². The summed E-state index contributed by atoms with van der Waals surface area (Å²) in [5.41, 5.74) is 2.69. The molecule has 0 unspecified atom stereocenters. The number of benzene rings is 2. The molecule has 1 N–H and O–H groups in total. The Kier molecular flexibility index (Phi) is 6.48. The van der Waals surface area contributed by atoms with Crippen LogP contribution in [0.3, 0.4) is 0 Å². The first-order valence-corrected chi connectivity index (χ1v) is 11.1. The lowest BCUT2D eigenvalue weighted by Gasteiger charge is -2.08. The minimum atomic E-state index is -0.448. The van der Waals surface area contributed by atoms with E-state index in [1.165, 1.54) is 17.8 Å². The Labute approximate surface area is 189 Å². The molecule has 0 atom stereocenters. The fourth-order valence-electron chi connectivity index (χ4n) is 3.08. The Balaban J connectivity index is 1.74. The Morgan fingerprint density at radius 2 is 2.06 bits per heavy atom. The van der Waals surface area contributed by atoms with Crippen LogP contribution in [-0.2, 0) is 4.79 Å². The molecule has 1 saturated heterocycles. The monoisotopic (exact) mass is 453 g/mol. The third-order valence-corrected chi connectivity index (χ3v) is 5.82. The van der Waals surface area contributed by atoms with Crippen LogP contribution < -0.4 is 10.1 Å². The molecule has 2 heterocycles. The number of nitrogens with zero attached hydrogens (tertiary/aromatic N) is 2.